The molecule has 2 rings (SSSR count). The van der Waals surface area contributed by atoms with Crippen molar-refractivity contribution in [2.75, 3.05) is 38.1 Å². The third-order valence-electron chi connectivity index (χ3n) is 3.83. The smallest absolute Gasteiger partial charge is 0.349 e. The molecule has 24 heavy (non-hydrogen) atoms. The molecular formula is C16H19F3N2O3. The zero-order valence-electron chi connectivity index (χ0n) is 13.6. The number of hydrogen-bond donors (Lipinski definition) is 0. The molecule has 0 spiro atoms. The number of benzene rings is 1. The average Bonchev–Trinajstić information content (AvgIpc) is 2.53. The molecule has 1 aliphatic rings. The van der Waals surface area contributed by atoms with Crippen molar-refractivity contribution in [3.8, 4) is 0 Å². The second-order valence-electron chi connectivity index (χ2n) is 5.68. The van der Waals surface area contributed by atoms with Gasteiger partial charge in [-0.2, -0.15) is 0 Å². The molecule has 1 heterocycles. The molecule has 0 radical (unpaired) electrons. The molecule has 1 fully saturated rings. The minimum Gasteiger partial charge on any atom is -0.389 e. The number of carbonyl (C=O) groups excluding carboxylic acids is 2. The molecule has 1 saturated heterocycles. The van der Waals surface area contributed by atoms with Gasteiger partial charge in [0, 0.05) is 32.6 Å². The summed E-state index contributed by atoms with van der Waals surface area (Å²) in [5.74, 6) is -6.29. The van der Waals surface area contributed by atoms with Crippen LogP contribution >= 0.6 is 0 Å². The third-order valence-corrected chi connectivity index (χ3v) is 3.83. The largest absolute Gasteiger partial charge is 0.389 e. The van der Waals surface area contributed by atoms with E-state index < -0.39 is 40.6 Å². The van der Waals surface area contributed by atoms with Crippen LogP contribution in [0.15, 0.2) is 6.07 Å². The monoisotopic (exact) mass is 344 g/mol. The Labute approximate surface area is 138 Å². The van der Waals surface area contributed by atoms with E-state index in [4.69, 9.17) is 0 Å². The fraction of sp³-hybridized carbons (Fsp3) is 0.500. The van der Waals surface area contributed by atoms with E-state index in [9.17, 15) is 22.8 Å². The molecule has 0 unspecified atom stereocenters. The summed E-state index contributed by atoms with van der Waals surface area (Å²) in [5, 5.41) is 0. The molecule has 0 aromatic heterocycles. The summed E-state index contributed by atoms with van der Waals surface area (Å²) in [5.41, 5.74) is -1.43. The highest BCUT2D eigenvalue weighted by atomic mass is 19.2. The second kappa shape index (κ2) is 7.65. The first-order chi connectivity index (χ1) is 11.3. The Morgan fingerprint density at radius 3 is 2.33 bits per heavy atom. The van der Waals surface area contributed by atoms with Crippen LogP contribution in [0.2, 0.25) is 0 Å². The standard InChI is InChI=1S/C16H19F3N2O3/c1-3-4-12(22)24-16(23)10-9-11(17)15(14(19)13(10)18)21-7-5-20(2)6-8-21/h9H,3-8H2,1-2H3. The first-order valence-electron chi connectivity index (χ1n) is 7.71. The normalized spacial score (nSPS) is 15.5. The topological polar surface area (TPSA) is 49.9 Å². The Balaban J connectivity index is 2.27. The summed E-state index contributed by atoms with van der Waals surface area (Å²) in [6, 6.07) is 0.577. The highest BCUT2D eigenvalue weighted by Gasteiger charge is 2.29. The molecule has 5 nitrogen and oxygen atoms in total. The van der Waals surface area contributed by atoms with Crippen molar-refractivity contribution in [3.63, 3.8) is 0 Å². The van der Waals surface area contributed by atoms with Crippen LogP contribution in [0.5, 0.6) is 0 Å². The van der Waals surface area contributed by atoms with Crippen LogP contribution < -0.4 is 4.90 Å². The Bertz CT molecular complexity index is 644. The van der Waals surface area contributed by atoms with Crippen LogP contribution in [0.4, 0.5) is 18.9 Å². The molecule has 0 atom stereocenters. The quantitative estimate of drug-likeness (QED) is 0.477. The fourth-order valence-electron chi connectivity index (χ4n) is 2.47. The van der Waals surface area contributed by atoms with Crippen LogP contribution in [-0.4, -0.2) is 50.1 Å². The molecule has 0 bridgehead atoms. The van der Waals surface area contributed by atoms with Gasteiger partial charge in [-0.15, -0.1) is 0 Å². The lowest BCUT2D eigenvalue weighted by Gasteiger charge is -2.34. The van der Waals surface area contributed by atoms with Gasteiger partial charge in [-0.3, -0.25) is 4.79 Å². The minimum absolute atomic E-state index is 0.0439. The van der Waals surface area contributed by atoms with Gasteiger partial charge in [0.05, 0.1) is 0 Å². The van der Waals surface area contributed by atoms with E-state index in [-0.39, 0.29) is 6.42 Å². The van der Waals surface area contributed by atoms with E-state index in [1.54, 1.807) is 6.92 Å². The lowest BCUT2D eigenvalue weighted by molar-refractivity contribution is -0.138. The third kappa shape index (κ3) is 3.87. The van der Waals surface area contributed by atoms with E-state index in [1.807, 2.05) is 11.9 Å². The Hall–Kier alpha value is -2.09. The molecular weight excluding hydrogens is 325 g/mol. The first kappa shape index (κ1) is 18.3. The second-order valence-corrected chi connectivity index (χ2v) is 5.68. The van der Waals surface area contributed by atoms with Crippen molar-refractivity contribution >= 4 is 17.6 Å². The molecule has 8 heteroatoms. The predicted molar refractivity (Wildman–Crippen MR) is 81.4 cm³/mol. The van der Waals surface area contributed by atoms with Gasteiger partial charge >= 0.3 is 11.9 Å². The number of halogens is 3. The van der Waals surface area contributed by atoms with Gasteiger partial charge in [-0.1, -0.05) is 6.92 Å². The summed E-state index contributed by atoms with van der Waals surface area (Å²) >= 11 is 0. The number of hydrogen-bond acceptors (Lipinski definition) is 5. The van der Waals surface area contributed by atoms with Crippen molar-refractivity contribution in [2.24, 2.45) is 0 Å². The lowest BCUT2D eigenvalue weighted by Crippen LogP contribution is -2.45. The number of rotatable bonds is 4. The van der Waals surface area contributed by atoms with Crippen LogP contribution in [0.3, 0.4) is 0 Å². The van der Waals surface area contributed by atoms with Gasteiger partial charge in [0.15, 0.2) is 17.5 Å². The molecule has 0 saturated carbocycles. The zero-order valence-corrected chi connectivity index (χ0v) is 13.6. The number of nitrogens with zero attached hydrogens (tertiary/aromatic N) is 2. The van der Waals surface area contributed by atoms with Crippen LogP contribution in [0, 0.1) is 17.5 Å². The highest BCUT2D eigenvalue weighted by Crippen LogP contribution is 2.29. The van der Waals surface area contributed by atoms with E-state index in [2.05, 4.69) is 4.74 Å². The summed E-state index contributed by atoms with van der Waals surface area (Å²) < 4.78 is 47.1. The molecule has 0 amide bonds. The average molecular weight is 344 g/mol. The van der Waals surface area contributed by atoms with Crippen LogP contribution in [0.1, 0.15) is 30.1 Å². The number of esters is 2. The van der Waals surface area contributed by atoms with Crippen molar-refractivity contribution < 1.29 is 27.5 Å². The van der Waals surface area contributed by atoms with Gasteiger partial charge in [0.2, 0.25) is 0 Å². The van der Waals surface area contributed by atoms with E-state index in [0.29, 0.717) is 38.7 Å². The Kier molecular flexibility index (Phi) is 5.82. The van der Waals surface area contributed by atoms with Crippen LogP contribution in [-0.2, 0) is 9.53 Å². The van der Waals surface area contributed by atoms with Gasteiger partial charge in [-0.05, 0) is 19.5 Å². The van der Waals surface area contributed by atoms with E-state index >= 15 is 0 Å². The predicted octanol–water partition coefficient (Wildman–Crippen LogP) is 2.34. The molecule has 1 aromatic carbocycles. The zero-order chi connectivity index (χ0) is 17.9. The first-order valence-corrected chi connectivity index (χ1v) is 7.71. The SMILES string of the molecule is CCCC(=O)OC(=O)c1cc(F)c(N2CCN(C)CC2)c(F)c1F. The maximum atomic E-state index is 14.3. The van der Waals surface area contributed by atoms with Gasteiger partial charge in [0.1, 0.15) is 11.3 Å². The fourth-order valence-corrected chi connectivity index (χ4v) is 2.47. The molecule has 1 aromatic rings. The van der Waals surface area contributed by atoms with Crippen molar-refractivity contribution in [3.05, 3.63) is 29.1 Å². The summed E-state index contributed by atoms with van der Waals surface area (Å²) in [6.07, 6.45) is 0.386. The molecule has 0 N–H and O–H groups in total. The maximum absolute atomic E-state index is 14.3. The van der Waals surface area contributed by atoms with Crippen molar-refractivity contribution in [1.82, 2.24) is 4.90 Å². The minimum atomic E-state index is -1.51. The van der Waals surface area contributed by atoms with Crippen molar-refractivity contribution in [1.29, 1.82) is 0 Å². The van der Waals surface area contributed by atoms with E-state index in [1.165, 1.54) is 4.90 Å². The Morgan fingerprint density at radius 1 is 1.12 bits per heavy atom. The number of ether oxygens (including phenoxy) is 1. The molecule has 0 aliphatic carbocycles. The molecule has 132 valence electrons. The number of anilines is 1. The van der Waals surface area contributed by atoms with Gasteiger partial charge in [0.25, 0.3) is 0 Å². The van der Waals surface area contributed by atoms with Gasteiger partial charge in [-0.25, -0.2) is 18.0 Å². The van der Waals surface area contributed by atoms with E-state index in [0.717, 1.165) is 0 Å². The lowest BCUT2D eigenvalue weighted by atomic mass is 10.1. The Morgan fingerprint density at radius 2 is 1.75 bits per heavy atom. The molecule has 1 aliphatic heterocycles. The summed E-state index contributed by atoms with van der Waals surface area (Å²) in [6.45, 7) is 3.52. The summed E-state index contributed by atoms with van der Waals surface area (Å²) in [7, 11) is 1.87. The van der Waals surface area contributed by atoms with Crippen molar-refractivity contribution in [2.45, 2.75) is 19.8 Å². The number of likely N-dealkylation sites (N-methyl/N-ethyl adjacent to an activating group) is 1. The summed E-state index contributed by atoms with van der Waals surface area (Å²) in [4.78, 5) is 26.4. The van der Waals surface area contributed by atoms with Gasteiger partial charge < -0.3 is 14.5 Å². The maximum Gasteiger partial charge on any atom is 0.349 e. The number of piperazine rings is 1. The highest BCUT2D eigenvalue weighted by molar-refractivity contribution is 5.97. The van der Waals surface area contributed by atoms with Crippen LogP contribution in [0.25, 0.3) is 0 Å². The number of carbonyl (C=O) groups is 2.